The van der Waals surface area contributed by atoms with Gasteiger partial charge >= 0.3 is 0 Å². The molecule has 0 N–H and O–H groups in total. The Labute approximate surface area is 175 Å². The van der Waals surface area contributed by atoms with Gasteiger partial charge in [0.25, 0.3) is 0 Å². The zero-order valence-electron chi connectivity index (χ0n) is 19.9. The van der Waals surface area contributed by atoms with E-state index in [1.165, 1.54) is 0 Å². The van der Waals surface area contributed by atoms with E-state index in [1.807, 2.05) is 39.0 Å². The Hall–Kier alpha value is -1.11. The lowest BCUT2D eigenvalue weighted by molar-refractivity contribution is 0.0468. The summed E-state index contributed by atoms with van der Waals surface area (Å²) < 4.78 is 62.7. The normalized spacial score (nSPS) is 29.2. The predicted molar refractivity (Wildman–Crippen MR) is 112 cm³/mol. The number of alkyl halides is 1. The Bertz CT molecular complexity index is 802. The van der Waals surface area contributed by atoms with Gasteiger partial charge in [0.05, 0.1) is 23.5 Å². The molecule has 3 rings (SSSR count). The van der Waals surface area contributed by atoms with E-state index < -0.39 is 29.8 Å². The lowest BCUT2D eigenvalue weighted by Gasteiger charge is -2.37. The minimum atomic E-state index is -2.40. The summed E-state index contributed by atoms with van der Waals surface area (Å²) in [5.41, 5.74) is 2.59. The van der Waals surface area contributed by atoms with Gasteiger partial charge in [0, 0.05) is 24.4 Å². The summed E-state index contributed by atoms with van der Waals surface area (Å²) in [4.78, 5) is 0. The van der Waals surface area contributed by atoms with Crippen LogP contribution in [0.15, 0.2) is 22.6 Å². The van der Waals surface area contributed by atoms with E-state index in [9.17, 15) is 8.94 Å². The average Bonchev–Trinajstić information content (AvgIpc) is 2.95. The molecule has 0 heterocycles. The Kier molecular flexibility index (Phi) is 5.52. The van der Waals surface area contributed by atoms with Crippen LogP contribution in [-0.4, -0.2) is 41.4 Å². The molecule has 4 nitrogen and oxygen atoms in total. The van der Waals surface area contributed by atoms with Crippen molar-refractivity contribution in [1.82, 2.24) is 0 Å². The summed E-state index contributed by atoms with van der Waals surface area (Å²) >= 11 is -1.42. The van der Waals surface area contributed by atoms with Crippen molar-refractivity contribution in [3.05, 3.63) is 29.3 Å². The Morgan fingerprint density at radius 3 is 2.75 bits per heavy atom. The number of halogens is 1. The SMILES string of the molecule is [2H]C([2H])([2H])O[C@H]1CC[C@]2(CC1)Cc1ccc(OCCCF)cc1C2=N[S+]([O-])C(C)(C)C. The van der Waals surface area contributed by atoms with Crippen molar-refractivity contribution >= 4 is 17.1 Å². The highest BCUT2D eigenvalue weighted by Crippen LogP contribution is 2.49. The minimum Gasteiger partial charge on any atom is -0.591 e. The van der Waals surface area contributed by atoms with Gasteiger partial charge in [0.2, 0.25) is 0 Å². The maximum Gasteiger partial charge on any atom is 0.144 e. The second-order valence-electron chi connectivity index (χ2n) is 8.79. The number of hydrogen-bond acceptors (Lipinski definition) is 4. The molecule has 1 unspecified atom stereocenters. The van der Waals surface area contributed by atoms with Crippen LogP contribution in [0.5, 0.6) is 5.75 Å². The zero-order chi connectivity index (χ0) is 22.9. The molecule has 0 aromatic heterocycles. The van der Waals surface area contributed by atoms with Gasteiger partial charge in [-0.1, -0.05) is 10.5 Å². The molecule has 1 saturated carbocycles. The lowest BCUT2D eigenvalue weighted by atomic mass is 9.70. The summed E-state index contributed by atoms with van der Waals surface area (Å²) in [6, 6.07) is 5.82. The molecular weight excluding hydrogens is 377 g/mol. The summed E-state index contributed by atoms with van der Waals surface area (Å²) in [6.45, 7) is 5.56. The Morgan fingerprint density at radius 1 is 1.36 bits per heavy atom. The molecule has 156 valence electrons. The predicted octanol–water partition coefficient (Wildman–Crippen LogP) is 4.81. The third-order valence-corrected chi connectivity index (χ3v) is 7.06. The number of benzene rings is 1. The number of hydrogen-bond donors (Lipinski definition) is 0. The van der Waals surface area contributed by atoms with Crippen LogP contribution in [0.2, 0.25) is 0 Å². The van der Waals surface area contributed by atoms with Crippen LogP contribution in [0.4, 0.5) is 4.39 Å². The van der Waals surface area contributed by atoms with Crippen molar-refractivity contribution < 1.29 is 22.5 Å². The molecule has 1 spiro atoms. The second kappa shape index (κ2) is 8.72. The Morgan fingerprint density at radius 2 is 2.11 bits per heavy atom. The van der Waals surface area contributed by atoms with Crippen LogP contribution in [-0.2, 0) is 22.5 Å². The first-order valence-electron chi connectivity index (χ1n) is 11.4. The Balaban J connectivity index is 1.90. The third kappa shape index (κ3) is 4.55. The lowest BCUT2D eigenvalue weighted by Crippen LogP contribution is -2.37. The summed E-state index contributed by atoms with van der Waals surface area (Å²) in [7, 11) is -2.40. The maximum atomic E-state index is 13.0. The molecule has 0 radical (unpaired) electrons. The summed E-state index contributed by atoms with van der Waals surface area (Å²) in [5, 5.41) is 0. The first kappa shape index (κ1) is 17.7. The van der Waals surface area contributed by atoms with E-state index in [4.69, 9.17) is 18.0 Å². The quantitative estimate of drug-likeness (QED) is 0.498. The smallest absolute Gasteiger partial charge is 0.144 e. The van der Waals surface area contributed by atoms with Gasteiger partial charge in [-0.15, -0.1) is 0 Å². The molecule has 0 aliphatic heterocycles. The number of fused-ring (bicyclic) bond motifs is 1. The molecule has 1 fully saturated rings. The second-order valence-corrected chi connectivity index (χ2v) is 10.7. The largest absolute Gasteiger partial charge is 0.591 e. The maximum absolute atomic E-state index is 13.0. The standard InChI is InChI=1S/C22H32FNO3S/c1-21(2,3)28(25)24-20-19-14-18(27-13-5-12-23)7-6-16(19)15-22(20)10-8-17(26-4)9-11-22/h6-7,14,17H,5,8-13,15H2,1-4H3/t17-,22-,28?/i4D3. The molecule has 6 heteroatoms. The monoisotopic (exact) mass is 412 g/mol. The van der Waals surface area contributed by atoms with E-state index in [0.717, 1.165) is 36.1 Å². The number of nitrogens with zero attached hydrogens (tertiary/aromatic N) is 1. The molecule has 0 amide bonds. The van der Waals surface area contributed by atoms with E-state index in [2.05, 4.69) is 0 Å². The van der Waals surface area contributed by atoms with Crippen LogP contribution in [0.1, 0.15) is 68.1 Å². The van der Waals surface area contributed by atoms with Gasteiger partial charge in [0.1, 0.15) is 27.6 Å². The fourth-order valence-electron chi connectivity index (χ4n) is 4.04. The van der Waals surface area contributed by atoms with Gasteiger partial charge < -0.3 is 14.0 Å². The van der Waals surface area contributed by atoms with Crippen LogP contribution in [0, 0.1) is 5.41 Å². The first-order chi connectivity index (χ1) is 14.4. The molecule has 2 aliphatic rings. The van der Waals surface area contributed by atoms with Gasteiger partial charge in [-0.2, -0.15) is 0 Å². The summed E-state index contributed by atoms with van der Waals surface area (Å²) in [5.74, 6) is 0.651. The van der Waals surface area contributed by atoms with E-state index >= 15 is 0 Å². The van der Waals surface area contributed by atoms with Gasteiger partial charge in [-0.05, 0) is 70.6 Å². The molecule has 1 aromatic rings. The van der Waals surface area contributed by atoms with Crippen LogP contribution in [0.3, 0.4) is 0 Å². The van der Waals surface area contributed by atoms with E-state index in [0.29, 0.717) is 31.6 Å². The van der Waals surface area contributed by atoms with E-state index in [-0.39, 0.29) is 11.5 Å². The van der Waals surface area contributed by atoms with Crippen molar-refractivity contribution in [3.63, 3.8) is 0 Å². The highest BCUT2D eigenvalue weighted by atomic mass is 32.2. The highest BCUT2D eigenvalue weighted by molar-refractivity contribution is 7.91. The fraction of sp³-hybridized carbons (Fsp3) is 0.682. The summed E-state index contributed by atoms with van der Waals surface area (Å²) in [6.07, 6.45) is 3.48. The van der Waals surface area contributed by atoms with Crippen molar-refractivity contribution in [2.45, 2.75) is 70.1 Å². The number of methoxy groups -OCH3 is 1. The molecule has 1 aromatic carbocycles. The van der Waals surface area contributed by atoms with Gasteiger partial charge in [-0.3, -0.25) is 4.39 Å². The van der Waals surface area contributed by atoms with Gasteiger partial charge in [0.15, 0.2) is 0 Å². The molecule has 0 bridgehead atoms. The van der Waals surface area contributed by atoms with Crippen molar-refractivity contribution in [3.8, 4) is 5.75 Å². The highest BCUT2D eigenvalue weighted by Gasteiger charge is 2.47. The molecule has 28 heavy (non-hydrogen) atoms. The van der Waals surface area contributed by atoms with Crippen LogP contribution >= 0.6 is 0 Å². The van der Waals surface area contributed by atoms with Crippen molar-refractivity contribution in [1.29, 1.82) is 0 Å². The van der Waals surface area contributed by atoms with Crippen molar-refractivity contribution in [2.75, 3.05) is 20.3 Å². The number of rotatable bonds is 6. The molecule has 1 atom stereocenters. The fourth-order valence-corrected chi connectivity index (χ4v) is 4.77. The minimum absolute atomic E-state index is 0.282. The molecule has 2 aliphatic carbocycles. The molecule has 0 saturated heterocycles. The molecular formula is C22H32FNO3S. The van der Waals surface area contributed by atoms with Crippen LogP contribution < -0.4 is 4.74 Å². The average molecular weight is 413 g/mol. The zero-order valence-corrected chi connectivity index (χ0v) is 17.7. The third-order valence-electron chi connectivity index (χ3n) is 5.67. The van der Waals surface area contributed by atoms with Crippen LogP contribution in [0.25, 0.3) is 0 Å². The number of ether oxygens (including phenoxy) is 2. The topological polar surface area (TPSA) is 53.9 Å². The first-order valence-corrected chi connectivity index (χ1v) is 11.1. The van der Waals surface area contributed by atoms with Crippen molar-refractivity contribution in [2.24, 2.45) is 9.81 Å². The van der Waals surface area contributed by atoms with Gasteiger partial charge in [-0.25, -0.2) is 0 Å². The van der Waals surface area contributed by atoms with E-state index in [1.54, 1.807) is 0 Å².